The summed E-state index contributed by atoms with van der Waals surface area (Å²) in [6, 6.07) is 0. The smallest absolute Gasteiger partial charge is 0.342 e. The van der Waals surface area contributed by atoms with Crippen LogP contribution in [0.25, 0.3) is 0 Å². The Labute approximate surface area is 152 Å². The van der Waals surface area contributed by atoms with Gasteiger partial charge < -0.3 is 15.3 Å². The molecule has 0 atom stereocenters. The molecule has 0 bridgehead atoms. The van der Waals surface area contributed by atoms with Gasteiger partial charge in [-0.3, -0.25) is 4.79 Å². The lowest BCUT2D eigenvalue weighted by Crippen LogP contribution is -2.15. The number of aliphatic carboxylic acids is 1. The zero-order valence-electron chi connectivity index (χ0n) is 15.8. The first-order chi connectivity index (χ1) is 12.0. The summed E-state index contributed by atoms with van der Waals surface area (Å²) in [6.07, 6.45) is 12.0. The molecule has 0 aliphatic carbocycles. The molecule has 0 aromatic heterocycles. The largest absolute Gasteiger partial charge is 0.511 e. The summed E-state index contributed by atoms with van der Waals surface area (Å²) in [4.78, 5) is 23.4. The van der Waals surface area contributed by atoms with E-state index in [0.29, 0.717) is 12.8 Å². The zero-order valence-corrected chi connectivity index (χ0v) is 15.8. The number of carboxylic acid groups (broad SMARTS) is 1. The van der Waals surface area contributed by atoms with Crippen LogP contribution < -0.4 is 0 Å². The summed E-state index contributed by atoms with van der Waals surface area (Å²) in [5.74, 6) is -2.08. The van der Waals surface area contributed by atoms with E-state index in [0.717, 1.165) is 38.5 Å². The summed E-state index contributed by atoms with van der Waals surface area (Å²) in [6.45, 7) is 2.35. The van der Waals surface area contributed by atoms with Crippen LogP contribution in [-0.2, 0) is 9.59 Å². The van der Waals surface area contributed by atoms with E-state index >= 15 is 0 Å². The molecule has 0 aliphatic heterocycles. The summed E-state index contributed by atoms with van der Waals surface area (Å²) in [5.41, 5.74) is -0.429. The van der Waals surface area contributed by atoms with Crippen LogP contribution in [0.4, 0.5) is 0 Å². The van der Waals surface area contributed by atoms with Crippen molar-refractivity contribution in [1.29, 1.82) is 0 Å². The maximum atomic E-state index is 12.1. The lowest BCUT2D eigenvalue weighted by atomic mass is 10.0. The number of carbonyl (C=O) groups excluding carboxylic acids is 1. The third-order valence-electron chi connectivity index (χ3n) is 4.36. The van der Waals surface area contributed by atoms with E-state index in [4.69, 9.17) is 5.11 Å². The molecule has 0 saturated heterocycles. The van der Waals surface area contributed by atoms with Crippen molar-refractivity contribution in [2.75, 3.05) is 6.61 Å². The van der Waals surface area contributed by atoms with E-state index in [1.54, 1.807) is 0 Å². The summed E-state index contributed by atoms with van der Waals surface area (Å²) in [7, 11) is 0. The molecule has 0 spiro atoms. The number of carbonyl (C=O) groups is 2. The molecule has 0 radical (unpaired) electrons. The van der Waals surface area contributed by atoms with E-state index in [1.165, 1.54) is 25.7 Å². The molecule has 25 heavy (non-hydrogen) atoms. The monoisotopic (exact) mass is 356 g/mol. The fraction of sp³-hybridized carbons (Fsp3) is 0.800. The molecule has 0 unspecified atom stereocenters. The highest BCUT2D eigenvalue weighted by Gasteiger charge is 2.21. The van der Waals surface area contributed by atoms with Crippen LogP contribution in [-0.4, -0.2) is 33.7 Å². The standard InChI is InChI=1S/C20H36O5/c1-2-3-4-5-6-8-11-14-17(22)19(20(24)25)18(23)15-12-9-7-10-13-16-21/h21-22H,2-16H2,1H3,(H,24,25). The van der Waals surface area contributed by atoms with Gasteiger partial charge >= 0.3 is 5.97 Å². The summed E-state index contributed by atoms with van der Waals surface area (Å²) < 4.78 is 0. The van der Waals surface area contributed by atoms with Crippen LogP contribution >= 0.6 is 0 Å². The Hall–Kier alpha value is -1.36. The minimum absolute atomic E-state index is 0.155. The Balaban J connectivity index is 4.18. The molecule has 0 aliphatic rings. The first-order valence-electron chi connectivity index (χ1n) is 9.84. The van der Waals surface area contributed by atoms with Crippen molar-refractivity contribution < 1.29 is 24.9 Å². The van der Waals surface area contributed by atoms with Crippen molar-refractivity contribution in [3.05, 3.63) is 11.3 Å². The number of Topliss-reactive ketones (excluding diaryl/α,β-unsaturated/α-hetero) is 1. The number of unbranched alkanes of at least 4 members (excludes halogenated alkanes) is 10. The molecule has 5 nitrogen and oxygen atoms in total. The molecular formula is C20H36O5. The fourth-order valence-corrected chi connectivity index (χ4v) is 2.83. The Kier molecular flexibility index (Phi) is 15.2. The quantitative estimate of drug-likeness (QED) is 0.113. The third kappa shape index (κ3) is 12.6. The average molecular weight is 357 g/mol. The molecule has 3 N–H and O–H groups in total. The van der Waals surface area contributed by atoms with Crippen molar-refractivity contribution in [2.24, 2.45) is 0 Å². The first-order valence-corrected chi connectivity index (χ1v) is 9.84. The number of hydrogen-bond donors (Lipinski definition) is 3. The lowest BCUT2D eigenvalue weighted by molar-refractivity contribution is -0.135. The van der Waals surface area contributed by atoms with E-state index in [1.807, 2.05) is 0 Å². The SMILES string of the molecule is CCCCCCCCCC(O)=C(C(=O)O)C(=O)CCCCCCCO. The van der Waals surface area contributed by atoms with Crippen LogP contribution in [0.3, 0.4) is 0 Å². The Morgan fingerprint density at radius 2 is 1.16 bits per heavy atom. The van der Waals surface area contributed by atoms with Gasteiger partial charge in [-0.1, -0.05) is 64.7 Å². The number of carboxylic acids is 1. The molecule has 0 heterocycles. The highest BCUT2D eigenvalue weighted by molar-refractivity contribution is 6.16. The molecule has 0 fully saturated rings. The van der Waals surface area contributed by atoms with Crippen molar-refractivity contribution in [2.45, 2.75) is 96.8 Å². The minimum atomic E-state index is -1.33. The van der Waals surface area contributed by atoms with Gasteiger partial charge in [0.25, 0.3) is 0 Å². The number of ketones is 1. The summed E-state index contributed by atoms with van der Waals surface area (Å²) in [5, 5.41) is 27.9. The van der Waals surface area contributed by atoms with Gasteiger partial charge in [0.1, 0.15) is 11.3 Å². The highest BCUT2D eigenvalue weighted by Crippen LogP contribution is 2.17. The van der Waals surface area contributed by atoms with Crippen molar-refractivity contribution in [3.8, 4) is 0 Å². The summed E-state index contributed by atoms with van der Waals surface area (Å²) >= 11 is 0. The molecule has 0 amide bonds. The van der Waals surface area contributed by atoms with Crippen LogP contribution in [0.5, 0.6) is 0 Å². The number of aliphatic hydroxyl groups excluding tert-OH is 2. The van der Waals surface area contributed by atoms with Gasteiger partial charge in [-0.05, 0) is 19.3 Å². The van der Waals surface area contributed by atoms with Crippen molar-refractivity contribution in [3.63, 3.8) is 0 Å². The number of allylic oxidation sites excluding steroid dienone is 1. The Morgan fingerprint density at radius 3 is 1.68 bits per heavy atom. The van der Waals surface area contributed by atoms with Crippen molar-refractivity contribution in [1.82, 2.24) is 0 Å². The van der Waals surface area contributed by atoms with Crippen molar-refractivity contribution >= 4 is 11.8 Å². The first kappa shape index (κ1) is 23.6. The van der Waals surface area contributed by atoms with Crippen LogP contribution in [0, 0.1) is 0 Å². The van der Waals surface area contributed by atoms with E-state index in [-0.39, 0.29) is 25.2 Å². The van der Waals surface area contributed by atoms with Gasteiger partial charge in [-0.15, -0.1) is 0 Å². The number of hydrogen-bond acceptors (Lipinski definition) is 4. The molecule has 5 heteroatoms. The maximum Gasteiger partial charge on any atom is 0.342 e. The van der Waals surface area contributed by atoms with E-state index < -0.39 is 17.3 Å². The van der Waals surface area contributed by atoms with Gasteiger partial charge in [0.15, 0.2) is 5.78 Å². The predicted molar refractivity (Wildman–Crippen MR) is 99.7 cm³/mol. The van der Waals surface area contributed by atoms with E-state index in [2.05, 4.69) is 6.92 Å². The zero-order chi connectivity index (χ0) is 18.9. The van der Waals surface area contributed by atoms with Crippen LogP contribution in [0.1, 0.15) is 96.8 Å². The number of rotatable bonds is 17. The third-order valence-corrected chi connectivity index (χ3v) is 4.36. The van der Waals surface area contributed by atoms with Crippen LogP contribution in [0.15, 0.2) is 11.3 Å². The second-order valence-corrected chi connectivity index (χ2v) is 6.66. The maximum absolute atomic E-state index is 12.1. The number of aliphatic hydroxyl groups is 2. The topological polar surface area (TPSA) is 94.8 Å². The van der Waals surface area contributed by atoms with Gasteiger partial charge in [-0.2, -0.15) is 0 Å². The fourth-order valence-electron chi connectivity index (χ4n) is 2.83. The average Bonchev–Trinajstić information content (AvgIpc) is 2.57. The molecule has 0 aromatic rings. The van der Waals surface area contributed by atoms with E-state index in [9.17, 15) is 19.8 Å². The molecule has 146 valence electrons. The normalized spacial score (nSPS) is 12.1. The predicted octanol–water partition coefficient (Wildman–Crippen LogP) is 4.93. The molecule has 0 saturated carbocycles. The Morgan fingerprint density at radius 1 is 0.680 bits per heavy atom. The molecular weight excluding hydrogens is 320 g/mol. The highest BCUT2D eigenvalue weighted by atomic mass is 16.4. The van der Waals surface area contributed by atoms with Gasteiger partial charge in [0.2, 0.25) is 0 Å². The van der Waals surface area contributed by atoms with Gasteiger partial charge in [0, 0.05) is 19.4 Å². The van der Waals surface area contributed by atoms with Crippen LogP contribution in [0.2, 0.25) is 0 Å². The second kappa shape index (κ2) is 16.1. The Bertz CT molecular complexity index is 401. The van der Waals surface area contributed by atoms with Gasteiger partial charge in [0.05, 0.1) is 0 Å². The minimum Gasteiger partial charge on any atom is -0.511 e. The second-order valence-electron chi connectivity index (χ2n) is 6.66. The lowest BCUT2D eigenvalue weighted by Gasteiger charge is -2.07. The molecule has 0 rings (SSSR count). The van der Waals surface area contributed by atoms with Gasteiger partial charge in [-0.25, -0.2) is 4.79 Å². The molecule has 0 aromatic carbocycles.